The number of nitrogens with one attached hydrogen (secondary N) is 1. The molecule has 0 aliphatic carbocycles. The number of nitrogens with zero attached hydrogens (tertiary/aromatic N) is 2. The molecular formula is C33H42ClN3O4S. The number of hydrogen-bond donors (Lipinski definition) is 1. The Morgan fingerprint density at radius 3 is 2.24 bits per heavy atom. The van der Waals surface area contributed by atoms with Gasteiger partial charge in [0.05, 0.1) is 11.9 Å². The summed E-state index contributed by atoms with van der Waals surface area (Å²) in [4.78, 5) is 29.2. The minimum atomic E-state index is -3.58. The molecule has 0 fully saturated rings. The van der Waals surface area contributed by atoms with Crippen molar-refractivity contribution in [2.75, 3.05) is 17.1 Å². The second kappa shape index (κ2) is 15.2. The Morgan fingerprint density at radius 1 is 0.929 bits per heavy atom. The molecule has 0 bridgehead atoms. The van der Waals surface area contributed by atoms with Crippen molar-refractivity contribution < 1.29 is 18.0 Å². The molecule has 0 heterocycles. The molecule has 2 unspecified atom stereocenters. The minimum absolute atomic E-state index is 0.0554. The van der Waals surface area contributed by atoms with Gasteiger partial charge >= 0.3 is 0 Å². The summed E-state index contributed by atoms with van der Waals surface area (Å²) in [6.07, 6.45) is 2.62. The summed E-state index contributed by atoms with van der Waals surface area (Å²) < 4.78 is 26.8. The van der Waals surface area contributed by atoms with E-state index in [1.54, 1.807) is 23.1 Å². The van der Waals surface area contributed by atoms with Crippen LogP contribution >= 0.6 is 11.6 Å². The third kappa shape index (κ3) is 9.60. The summed E-state index contributed by atoms with van der Waals surface area (Å²) in [5.74, 6) is -0.458. The fourth-order valence-corrected chi connectivity index (χ4v) is 5.88. The lowest BCUT2D eigenvalue weighted by molar-refractivity contribution is -0.141. The lowest BCUT2D eigenvalue weighted by atomic mass is 10.0. The van der Waals surface area contributed by atoms with E-state index < -0.39 is 16.1 Å². The normalized spacial score (nSPS) is 12.8. The Hall–Kier alpha value is -3.36. The van der Waals surface area contributed by atoms with Crippen LogP contribution in [0, 0.1) is 13.8 Å². The van der Waals surface area contributed by atoms with Crippen LogP contribution in [-0.2, 0) is 32.6 Å². The number of carbonyl (C=O) groups is 2. The molecule has 1 N–H and O–H groups in total. The first-order valence-electron chi connectivity index (χ1n) is 14.3. The third-order valence-electron chi connectivity index (χ3n) is 7.44. The molecule has 42 heavy (non-hydrogen) atoms. The number of sulfonamides is 1. The van der Waals surface area contributed by atoms with Gasteiger partial charge in [0.15, 0.2) is 0 Å². The summed E-state index contributed by atoms with van der Waals surface area (Å²) in [5.41, 5.74) is 4.36. The van der Waals surface area contributed by atoms with Crippen LogP contribution in [0.15, 0.2) is 72.8 Å². The molecule has 0 aromatic heterocycles. The van der Waals surface area contributed by atoms with E-state index in [0.29, 0.717) is 17.1 Å². The van der Waals surface area contributed by atoms with Crippen molar-refractivity contribution in [1.29, 1.82) is 0 Å². The molecule has 9 heteroatoms. The zero-order valence-electron chi connectivity index (χ0n) is 25.1. The van der Waals surface area contributed by atoms with Gasteiger partial charge in [0.25, 0.3) is 0 Å². The van der Waals surface area contributed by atoms with Gasteiger partial charge in [-0.05, 0) is 80.1 Å². The highest BCUT2D eigenvalue weighted by Crippen LogP contribution is 2.23. The number of carbonyl (C=O) groups excluding carboxylic acids is 2. The van der Waals surface area contributed by atoms with E-state index in [1.807, 2.05) is 82.3 Å². The van der Waals surface area contributed by atoms with E-state index in [9.17, 15) is 18.0 Å². The summed E-state index contributed by atoms with van der Waals surface area (Å²) in [6.45, 7) is 8.18. The van der Waals surface area contributed by atoms with Gasteiger partial charge in [-0.15, -0.1) is 0 Å². The van der Waals surface area contributed by atoms with E-state index in [4.69, 9.17) is 11.6 Å². The molecule has 3 aromatic carbocycles. The highest BCUT2D eigenvalue weighted by Gasteiger charge is 2.31. The molecule has 0 saturated heterocycles. The Bertz CT molecular complexity index is 1460. The predicted molar refractivity (Wildman–Crippen MR) is 171 cm³/mol. The van der Waals surface area contributed by atoms with Crippen LogP contribution in [-0.4, -0.2) is 50.0 Å². The van der Waals surface area contributed by atoms with E-state index in [2.05, 4.69) is 5.32 Å². The number of benzene rings is 3. The lowest BCUT2D eigenvalue weighted by Crippen LogP contribution is -2.52. The molecular weight excluding hydrogens is 570 g/mol. The smallest absolute Gasteiger partial charge is 0.243 e. The van der Waals surface area contributed by atoms with Gasteiger partial charge in [-0.2, -0.15) is 0 Å². The van der Waals surface area contributed by atoms with Crippen LogP contribution in [0.5, 0.6) is 0 Å². The first-order chi connectivity index (χ1) is 19.9. The fraction of sp³-hybridized carbons (Fsp3) is 0.394. The molecule has 226 valence electrons. The predicted octanol–water partition coefficient (Wildman–Crippen LogP) is 6.06. The van der Waals surface area contributed by atoms with E-state index in [-0.39, 0.29) is 43.8 Å². The molecule has 3 aromatic rings. The zero-order chi connectivity index (χ0) is 30.9. The second-order valence-electron chi connectivity index (χ2n) is 10.9. The standard InChI is InChI=1S/C33H42ClN3O4S/c1-6-26(4)35-33(39)31(22-27-12-8-7-9-13-27)36(23-28-14-10-15-29(34)21-28)32(38)16-11-19-37(42(5,40)41)30-18-17-24(2)25(3)20-30/h7-10,12-15,17-18,20-21,26,31H,6,11,16,19,22-23H2,1-5H3,(H,35,39). The SMILES string of the molecule is CCC(C)NC(=O)C(Cc1ccccc1)N(Cc1cccc(Cl)c1)C(=O)CCCN(c1ccc(C)c(C)c1)S(C)(=O)=O. The van der Waals surface area contributed by atoms with Crippen LogP contribution in [0.2, 0.25) is 5.02 Å². The van der Waals surface area contributed by atoms with Crippen molar-refractivity contribution in [1.82, 2.24) is 10.2 Å². The van der Waals surface area contributed by atoms with Crippen LogP contribution in [0.1, 0.15) is 55.4 Å². The van der Waals surface area contributed by atoms with Gasteiger partial charge in [0.2, 0.25) is 21.8 Å². The highest BCUT2D eigenvalue weighted by molar-refractivity contribution is 7.92. The van der Waals surface area contributed by atoms with Crippen LogP contribution in [0.25, 0.3) is 0 Å². The Balaban J connectivity index is 1.90. The Labute approximate surface area is 255 Å². The van der Waals surface area contributed by atoms with Crippen molar-refractivity contribution >= 4 is 39.1 Å². The lowest BCUT2D eigenvalue weighted by Gasteiger charge is -2.33. The average Bonchev–Trinajstić information content (AvgIpc) is 2.94. The number of anilines is 1. The maximum Gasteiger partial charge on any atom is 0.243 e. The quantitative estimate of drug-likeness (QED) is 0.240. The maximum absolute atomic E-state index is 13.9. The van der Waals surface area contributed by atoms with Gasteiger partial charge in [-0.3, -0.25) is 13.9 Å². The highest BCUT2D eigenvalue weighted by atomic mass is 35.5. The third-order valence-corrected chi connectivity index (χ3v) is 8.87. The van der Waals surface area contributed by atoms with Gasteiger partial charge in [0.1, 0.15) is 6.04 Å². The number of amides is 2. The molecule has 2 amide bonds. The van der Waals surface area contributed by atoms with E-state index >= 15 is 0 Å². The topological polar surface area (TPSA) is 86.8 Å². The first-order valence-corrected chi connectivity index (χ1v) is 16.5. The summed E-state index contributed by atoms with van der Waals surface area (Å²) in [6, 6.07) is 21.6. The minimum Gasteiger partial charge on any atom is -0.352 e. The van der Waals surface area contributed by atoms with Gasteiger partial charge in [0, 0.05) is 37.0 Å². The molecule has 0 radical (unpaired) electrons. The molecule has 3 rings (SSSR count). The van der Waals surface area contributed by atoms with Gasteiger partial charge < -0.3 is 10.2 Å². The van der Waals surface area contributed by atoms with Crippen LogP contribution < -0.4 is 9.62 Å². The van der Waals surface area contributed by atoms with Crippen molar-refractivity contribution in [3.05, 3.63) is 100 Å². The van der Waals surface area contributed by atoms with Crippen molar-refractivity contribution in [3.63, 3.8) is 0 Å². The number of rotatable bonds is 14. The van der Waals surface area contributed by atoms with Crippen molar-refractivity contribution in [2.24, 2.45) is 0 Å². The first kappa shape index (κ1) is 33.1. The average molecular weight is 612 g/mol. The number of halogens is 1. The summed E-state index contributed by atoms with van der Waals surface area (Å²) >= 11 is 6.26. The Kier molecular flexibility index (Phi) is 12.0. The molecule has 0 aliphatic rings. The van der Waals surface area contributed by atoms with E-state index in [1.165, 1.54) is 10.6 Å². The van der Waals surface area contributed by atoms with Crippen LogP contribution in [0.4, 0.5) is 5.69 Å². The second-order valence-corrected chi connectivity index (χ2v) is 13.2. The molecule has 0 aliphatic heterocycles. The van der Waals surface area contributed by atoms with Gasteiger partial charge in [-0.1, -0.05) is 67.1 Å². The monoisotopic (exact) mass is 611 g/mol. The van der Waals surface area contributed by atoms with Crippen molar-refractivity contribution in [2.45, 2.75) is 72.0 Å². The molecule has 0 spiro atoms. The van der Waals surface area contributed by atoms with Crippen molar-refractivity contribution in [3.8, 4) is 0 Å². The van der Waals surface area contributed by atoms with Gasteiger partial charge in [-0.25, -0.2) is 8.42 Å². The van der Waals surface area contributed by atoms with E-state index in [0.717, 1.165) is 28.7 Å². The Morgan fingerprint density at radius 2 is 1.62 bits per heavy atom. The largest absolute Gasteiger partial charge is 0.352 e. The summed E-state index contributed by atoms with van der Waals surface area (Å²) in [5, 5.41) is 3.60. The number of hydrogen-bond acceptors (Lipinski definition) is 4. The molecule has 7 nitrogen and oxygen atoms in total. The maximum atomic E-state index is 13.9. The zero-order valence-corrected chi connectivity index (χ0v) is 26.7. The number of aryl methyl sites for hydroxylation is 2. The molecule has 0 saturated carbocycles. The van der Waals surface area contributed by atoms with Crippen LogP contribution in [0.3, 0.4) is 0 Å². The molecule has 2 atom stereocenters. The summed E-state index contributed by atoms with van der Waals surface area (Å²) in [7, 11) is -3.58. The fourth-order valence-electron chi connectivity index (χ4n) is 4.71.